The van der Waals surface area contributed by atoms with E-state index in [-0.39, 0.29) is 18.4 Å². The van der Waals surface area contributed by atoms with Crippen molar-refractivity contribution in [2.45, 2.75) is 13.3 Å². The van der Waals surface area contributed by atoms with Crippen molar-refractivity contribution in [1.82, 2.24) is 4.90 Å². The molecule has 0 radical (unpaired) electrons. The van der Waals surface area contributed by atoms with Crippen molar-refractivity contribution in [2.24, 2.45) is 0 Å². The number of aryl methyl sites for hydroxylation is 1. The molecule has 6 nitrogen and oxygen atoms in total. The summed E-state index contributed by atoms with van der Waals surface area (Å²) in [5.41, 5.74) is 2.71. The zero-order valence-electron chi connectivity index (χ0n) is 16.1. The highest BCUT2D eigenvalue weighted by Gasteiger charge is 2.14. The van der Waals surface area contributed by atoms with Crippen LogP contribution in [0.3, 0.4) is 0 Å². The molecule has 2 aromatic carbocycles. The average Bonchev–Trinajstić information content (AvgIpc) is 2.62. The number of nitrogens with one attached hydrogen (secondary N) is 2. The molecule has 27 heavy (non-hydrogen) atoms. The Morgan fingerprint density at radius 1 is 1.07 bits per heavy atom. The monoisotopic (exact) mass is 369 g/mol. The van der Waals surface area contributed by atoms with Gasteiger partial charge in [0.25, 0.3) is 5.91 Å². The molecule has 2 N–H and O–H groups in total. The lowest BCUT2D eigenvalue weighted by Crippen LogP contribution is -2.31. The van der Waals surface area contributed by atoms with E-state index in [4.69, 9.17) is 4.74 Å². The summed E-state index contributed by atoms with van der Waals surface area (Å²) in [5, 5.41) is 5.71. The first-order chi connectivity index (χ1) is 13.0. The maximum atomic E-state index is 12.6. The molecule has 0 aromatic heterocycles. The highest BCUT2D eigenvalue weighted by atomic mass is 16.5. The van der Waals surface area contributed by atoms with Gasteiger partial charge in [-0.1, -0.05) is 24.3 Å². The lowest BCUT2D eigenvalue weighted by molar-refractivity contribution is -0.117. The Morgan fingerprint density at radius 3 is 2.59 bits per heavy atom. The van der Waals surface area contributed by atoms with Crippen LogP contribution in [0.25, 0.3) is 0 Å². The summed E-state index contributed by atoms with van der Waals surface area (Å²) in [6.07, 6.45) is 0.857. The molecule has 2 amide bonds. The first-order valence-corrected chi connectivity index (χ1v) is 8.94. The maximum absolute atomic E-state index is 12.6. The SMILES string of the molecule is COCCCN(C)CC(=O)Nc1ccccc1C(=O)Nc1cccc(C)c1. The van der Waals surface area contributed by atoms with Crippen LogP contribution in [0.4, 0.5) is 11.4 Å². The van der Waals surface area contributed by atoms with Crippen molar-refractivity contribution >= 4 is 23.2 Å². The van der Waals surface area contributed by atoms with Gasteiger partial charge in [-0.2, -0.15) is 0 Å². The van der Waals surface area contributed by atoms with Crippen LogP contribution in [0.15, 0.2) is 48.5 Å². The number of anilines is 2. The van der Waals surface area contributed by atoms with Crippen LogP contribution in [-0.2, 0) is 9.53 Å². The number of para-hydroxylation sites is 1. The fraction of sp³-hybridized carbons (Fsp3) is 0.333. The number of carbonyl (C=O) groups excluding carboxylic acids is 2. The normalized spacial score (nSPS) is 10.7. The average molecular weight is 369 g/mol. The quantitative estimate of drug-likeness (QED) is 0.666. The maximum Gasteiger partial charge on any atom is 0.257 e. The standard InChI is InChI=1S/C21H27N3O3/c1-16-8-6-9-17(14-16)22-21(26)18-10-4-5-11-19(18)23-20(25)15-24(2)12-7-13-27-3/h4-6,8-11,14H,7,12-13,15H2,1-3H3,(H,22,26)(H,23,25). The number of rotatable bonds is 9. The van der Waals surface area contributed by atoms with Crippen molar-refractivity contribution in [1.29, 1.82) is 0 Å². The summed E-state index contributed by atoms with van der Waals surface area (Å²) in [6.45, 7) is 3.63. The third kappa shape index (κ3) is 6.84. The fourth-order valence-electron chi connectivity index (χ4n) is 2.70. The van der Waals surface area contributed by atoms with Gasteiger partial charge in [0.15, 0.2) is 0 Å². The number of hydrogen-bond donors (Lipinski definition) is 2. The molecular formula is C21H27N3O3. The lowest BCUT2D eigenvalue weighted by atomic mass is 10.1. The van der Waals surface area contributed by atoms with E-state index in [1.165, 1.54) is 0 Å². The minimum atomic E-state index is -0.259. The van der Waals surface area contributed by atoms with E-state index in [9.17, 15) is 9.59 Å². The van der Waals surface area contributed by atoms with Gasteiger partial charge in [0, 0.05) is 25.9 Å². The minimum Gasteiger partial charge on any atom is -0.385 e. The Bertz CT molecular complexity index is 777. The van der Waals surface area contributed by atoms with Crippen molar-refractivity contribution in [2.75, 3.05) is 44.5 Å². The molecule has 0 atom stereocenters. The zero-order valence-corrected chi connectivity index (χ0v) is 16.1. The van der Waals surface area contributed by atoms with Gasteiger partial charge in [-0.25, -0.2) is 0 Å². The second kappa shape index (κ2) is 10.4. The second-order valence-corrected chi connectivity index (χ2v) is 6.50. The topological polar surface area (TPSA) is 70.7 Å². The van der Waals surface area contributed by atoms with Gasteiger partial charge in [0.1, 0.15) is 0 Å². The van der Waals surface area contributed by atoms with Crippen molar-refractivity contribution in [3.05, 3.63) is 59.7 Å². The molecule has 0 spiro atoms. The number of carbonyl (C=O) groups is 2. The highest BCUT2D eigenvalue weighted by Crippen LogP contribution is 2.18. The Hall–Kier alpha value is -2.70. The number of likely N-dealkylation sites (N-methyl/N-ethyl adjacent to an activating group) is 1. The Kier molecular flexibility index (Phi) is 7.98. The van der Waals surface area contributed by atoms with E-state index in [0.29, 0.717) is 17.9 Å². The first-order valence-electron chi connectivity index (χ1n) is 8.94. The lowest BCUT2D eigenvalue weighted by Gasteiger charge is -2.17. The molecule has 0 aliphatic heterocycles. The molecule has 0 saturated carbocycles. The predicted molar refractivity (Wildman–Crippen MR) is 108 cm³/mol. The van der Waals surface area contributed by atoms with E-state index < -0.39 is 0 Å². The molecule has 0 aliphatic carbocycles. The van der Waals surface area contributed by atoms with Gasteiger partial charge in [-0.3, -0.25) is 14.5 Å². The molecule has 0 saturated heterocycles. The summed E-state index contributed by atoms with van der Waals surface area (Å²) in [5.74, 6) is -0.421. The molecule has 2 aromatic rings. The fourth-order valence-corrected chi connectivity index (χ4v) is 2.70. The van der Waals surface area contributed by atoms with E-state index in [1.807, 2.05) is 43.1 Å². The smallest absolute Gasteiger partial charge is 0.257 e. The van der Waals surface area contributed by atoms with Crippen molar-refractivity contribution in [3.8, 4) is 0 Å². The summed E-state index contributed by atoms with van der Waals surface area (Å²) < 4.78 is 5.02. The first kappa shape index (κ1) is 20.6. The Morgan fingerprint density at radius 2 is 1.85 bits per heavy atom. The second-order valence-electron chi connectivity index (χ2n) is 6.50. The molecule has 144 valence electrons. The third-order valence-corrected chi connectivity index (χ3v) is 4.02. The van der Waals surface area contributed by atoms with Gasteiger partial charge in [-0.05, 0) is 50.2 Å². The molecule has 0 heterocycles. The number of amides is 2. The summed E-state index contributed by atoms with van der Waals surface area (Å²) >= 11 is 0. The Labute approximate surface area is 160 Å². The summed E-state index contributed by atoms with van der Waals surface area (Å²) in [7, 11) is 3.54. The van der Waals surface area contributed by atoms with Crippen LogP contribution in [0.5, 0.6) is 0 Å². The number of methoxy groups -OCH3 is 1. The minimum absolute atomic E-state index is 0.161. The van der Waals surface area contributed by atoms with Crippen LogP contribution < -0.4 is 10.6 Å². The van der Waals surface area contributed by atoms with Crippen LogP contribution in [0, 0.1) is 6.92 Å². The van der Waals surface area contributed by atoms with Gasteiger partial charge >= 0.3 is 0 Å². The summed E-state index contributed by atoms with van der Waals surface area (Å²) in [6, 6.07) is 14.6. The zero-order chi connectivity index (χ0) is 19.6. The number of benzene rings is 2. The number of nitrogens with zero attached hydrogens (tertiary/aromatic N) is 1. The molecule has 2 rings (SSSR count). The van der Waals surface area contributed by atoms with Crippen molar-refractivity contribution < 1.29 is 14.3 Å². The highest BCUT2D eigenvalue weighted by molar-refractivity contribution is 6.10. The third-order valence-electron chi connectivity index (χ3n) is 4.02. The largest absolute Gasteiger partial charge is 0.385 e. The van der Waals surface area contributed by atoms with E-state index in [1.54, 1.807) is 31.4 Å². The van der Waals surface area contributed by atoms with Crippen LogP contribution in [-0.4, -0.2) is 50.6 Å². The van der Waals surface area contributed by atoms with E-state index >= 15 is 0 Å². The van der Waals surface area contributed by atoms with E-state index in [0.717, 1.165) is 24.2 Å². The molecule has 0 aliphatic rings. The van der Waals surface area contributed by atoms with E-state index in [2.05, 4.69) is 10.6 Å². The van der Waals surface area contributed by atoms with Crippen LogP contribution >= 0.6 is 0 Å². The summed E-state index contributed by atoms with van der Waals surface area (Å²) in [4.78, 5) is 26.9. The molecule has 0 bridgehead atoms. The molecule has 0 fully saturated rings. The molecular weight excluding hydrogens is 342 g/mol. The van der Waals surface area contributed by atoms with Crippen LogP contribution in [0.2, 0.25) is 0 Å². The van der Waals surface area contributed by atoms with Gasteiger partial charge in [0.2, 0.25) is 5.91 Å². The van der Waals surface area contributed by atoms with Crippen molar-refractivity contribution in [3.63, 3.8) is 0 Å². The van der Waals surface area contributed by atoms with Crippen LogP contribution in [0.1, 0.15) is 22.3 Å². The Balaban J connectivity index is 2.00. The molecule has 0 unspecified atom stereocenters. The van der Waals surface area contributed by atoms with Gasteiger partial charge < -0.3 is 15.4 Å². The number of ether oxygens (including phenoxy) is 1. The number of hydrogen-bond acceptors (Lipinski definition) is 4. The van der Waals surface area contributed by atoms with Gasteiger partial charge in [-0.15, -0.1) is 0 Å². The predicted octanol–water partition coefficient (Wildman–Crippen LogP) is 3.15. The molecule has 6 heteroatoms. The van der Waals surface area contributed by atoms with Gasteiger partial charge in [0.05, 0.1) is 17.8 Å².